The molecule has 0 radical (unpaired) electrons. The van der Waals surface area contributed by atoms with Gasteiger partial charge in [-0.15, -0.1) is 6.58 Å². The first-order chi connectivity index (χ1) is 17.1. The average molecular weight is 499 g/mol. The second-order valence-corrected chi connectivity index (χ2v) is 10.6. The normalized spacial score (nSPS) is 32.5. The lowest BCUT2D eigenvalue weighted by molar-refractivity contribution is -0.161. The van der Waals surface area contributed by atoms with Gasteiger partial charge < -0.3 is 24.4 Å². The largest absolute Gasteiger partial charge is 0.466 e. The van der Waals surface area contributed by atoms with Crippen LogP contribution in [0.4, 0.5) is 5.69 Å². The summed E-state index contributed by atoms with van der Waals surface area (Å²) in [7, 11) is 0. The van der Waals surface area contributed by atoms with Crippen molar-refractivity contribution in [2.75, 3.05) is 31.2 Å². The van der Waals surface area contributed by atoms with E-state index in [4.69, 9.17) is 9.47 Å². The van der Waals surface area contributed by atoms with Crippen LogP contribution in [0, 0.1) is 31.6 Å². The van der Waals surface area contributed by atoms with Crippen molar-refractivity contribution in [3.63, 3.8) is 0 Å². The molecule has 1 N–H and O–H groups in total. The van der Waals surface area contributed by atoms with Gasteiger partial charge in [-0.2, -0.15) is 0 Å². The molecule has 196 valence electrons. The molecule has 3 heterocycles. The second kappa shape index (κ2) is 9.63. The van der Waals surface area contributed by atoms with E-state index in [0.29, 0.717) is 12.8 Å². The third-order valence-electron chi connectivity index (χ3n) is 8.38. The van der Waals surface area contributed by atoms with Gasteiger partial charge in [-0.3, -0.25) is 14.4 Å². The summed E-state index contributed by atoms with van der Waals surface area (Å²) in [5.41, 5.74) is 0.637. The van der Waals surface area contributed by atoms with E-state index in [1.54, 1.807) is 17.9 Å². The van der Waals surface area contributed by atoms with E-state index < -0.39 is 35.0 Å². The molecule has 3 saturated heterocycles. The fraction of sp³-hybridized carbons (Fsp3) is 0.607. The number of esters is 1. The minimum Gasteiger partial charge on any atom is -0.466 e. The molecule has 2 amide bonds. The van der Waals surface area contributed by atoms with Gasteiger partial charge in [0.25, 0.3) is 5.91 Å². The van der Waals surface area contributed by atoms with E-state index in [2.05, 4.69) is 6.58 Å². The maximum absolute atomic E-state index is 14.5. The average Bonchev–Trinajstić information content (AvgIpc) is 3.34. The van der Waals surface area contributed by atoms with Crippen LogP contribution in [-0.2, 0) is 23.9 Å². The second-order valence-electron chi connectivity index (χ2n) is 10.6. The van der Waals surface area contributed by atoms with E-state index in [9.17, 15) is 19.5 Å². The summed E-state index contributed by atoms with van der Waals surface area (Å²) in [6.07, 6.45) is 2.47. The molecule has 4 rings (SSSR count). The zero-order valence-electron chi connectivity index (χ0n) is 22.0. The lowest BCUT2D eigenvalue weighted by Gasteiger charge is -2.37. The summed E-state index contributed by atoms with van der Waals surface area (Å²) in [5.74, 6) is -2.67. The zero-order chi connectivity index (χ0) is 26.4. The zero-order valence-corrected chi connectivity index (χ0v) is 22.0. The summed E-state index contributed by atoms with van der Waals surface area (Å²) >= 11 is 0. The highest BCUT2D eigenvalue weighted by atomic mass is 16.6. The van der Waals surface area contributed by atoms with E-state index in [1.807, 2.05) is 45.9 Å². The van der Waals surface area contributed by atoms with Crippen molar-refractivity contribution in [3.05, 3.63) is 42.0 Å². The van der Waals surface area contributed by atoms with Gasteiger partial charge in [-0.1, -0.05) is 25.1 Å². The molecule has 3 aliphatic heterocycles. The van der Waals surface area contributed by atoms with Gasteiger partial charge in [0.1, 0.15) is 17.6 Å². The highest BCUT2D eigenvalue weighted by Gasteiger charge is 2.80. The van der Waals surface area contributed by atoms with Crippen molar-refractivity contribution in [1.29, 1.82) is 0 Å². The molecule has 8 heteroatoms. The Morgan fingerprint density at radius 3 is 2.72 bits per heavy atom. The van der Waals surface area contributed by atoms with Gasteiger partial charge in [-0.05, 0) is 63.6 Å². The molecule has 0 aliphatic carbocycles. The van der Waals surface area contributed by atoms with Crippen LogP contribution in [-0.4, -0.2) is 71.3 Å². The lowest BCUT2D eigenvalue weighted by atomic mass is 9.62. The Hall–Kier alpha value is -2.71. The summed E-state index contributed by atoms with van der Waals surface area (Å²) in [5, 5.41) is 9.55. The van der Waals surface area contributed by atoms with Crippen LogP contribution in [0.2, 0.25) is 0 Å². The summed E-state index contributed by atoms with van der Waals surface area (Å²) in [6, 6.07) is 4.99. The molecule has 1 spiro atoms. The van der Waals surface area contributed by atoms with E-state index in [1.165, 1.54) is 4.90 Å². The molecular weight excluding hydrogens is 460 g/mol. The summed E-state index contributed by atoms with van der Waals surface area (Å²) in [6.45, 7) is 13.9. The van der Waals surface area contributed by atoms with Gasteiger partial charge in [0, 0.05) is 25.4 Å². The maximum atomic E-state index is 14.5. The van der Waals surface area contributed by atoms with Crippen LogP contribution >= 0.6 is 0 Å². The number of ether oxygens (including phenoxy) is 2. The van der Waals surface area contributed by atoms with Gasteiger partial charge in [0.2, 0.25) is 5.91 Å². The number of anilines is 1. The Morgan fingerprint density at radius 2 is 2.08 bits per heavy atom. The van der Waals surface area contributed by atoms with Crippen molar-refractivity contribution in [2.45, 2.75) is 64.7 Å². The quantitative estimate of drug-likeness (QED) is 0.416. The molecule has 8 nitrogen and oxygen atoms in total. The Labute approximate surface area is 213 Å². The smallest absolute Gasteiger partial charge is 0.312 e. The molecule has 6 atom stereocenters. The summed E-state index contributed by atoms with van der Waals surface area (Å²) in [4.78, 5) is 44.8. The number of hydrogen-bond acceptors (Lipinski definition) is 6. The third-order valence-corrected chi connectivity index (χ3v) is 8.38. The lowest BCUT2D eigenvalue weighted by Crippen LogP contribution is -2.57. The van der Waals surface area contributed by atoms with E-state index >= 15 is 0 Å². The molecule has 0 saturated carbocycles. The van der Waals surface area contributed by atoms with Crippen LogP contribution in [0.15, 0.2) is 30.9 Å². The number of hydrogen-bond donors (Lipinski definition) is 1. The summed E-state index contributed by atoms with van der Waals surface area (Å²) < 4.78 is 12.1. The minimum absolute atomic E-state index is 0.0578. The molecular formula is C28H38N2O6. The van der Waals surface area contributed by atoms with Gasteiger partial charge in [-0.25, -0.2) is 0 Å². The predicted molar refractivity (Wildman–Crippen MR) is 135 cm³/mol. The highest BCUT2D eigenvalue weighted by Crippen LogP contribution is 2.65. The Balaban J connectivity index is 1.85. The van der Waals surface area contributed by atoms with Gasteiger partial charge in [0.05, 0.1) is 18.1 Å². The number of benzene rings is 1. The van der Waals surface area contributed by atoms with E-state index in [0.717, 1.165) is 16.8 Å². The molecule has 0 aromatic heterocycles. The van der Waals surface area contributed by atoms with Crippen LogP contribution in [0.3, 0.4) is 0 Å². The minimum atomic E-state index is -1.15. The number of fused-ring (bicyclic) bond motifs is 1. The number of aliphatic hydroxyl groups excluding tert-OH is 1. The first-order valence-electron chi connectivity index (χ1n) is 12.8. The molecule has 2 bridgehead atoms. The fourth-order valence-corrected chi connectivity index (χ4v) is 6.68. The van der Waals surface area contributed by atoms with Crippen molar-refractivity contribution in [1.82, 2.24) is 4.90 Å². The van der Waals surface area contributed by atoms with Crippen molar-refractivity contribution < 1.29 is 29.0 Å². The molecule has 3 fully saturated rings. The third kappa shape index (κ3) is 3.77. The molecule has 3 aliphatic rings. The Morgan fingerprint density at radius 1 is 1.36 bits per heavy atom. The number of amides is 2. The first-order valence-corrected chi connectivity index (χ1v) is 12.8. The molecule has 3 unspecified atom stereocenters. The maximum Gasteiger partial charge on any atom is 0.312 e. The van der Waals surface area contributed by atoms with Crippen LogP contribution in [0.1, 0.15) is 44.7 Å². The number of aryl methyl sites for hydroxylation is 2. The number of carbonyl (C=O) groups is 3. The topological polar surface area (TPSA) is 96.4 Å². The SMILES string of the molecule is C=CCN(C(=O)C1N(CCCO)C(=O)[C@@H]2[C@@H](C(=O)OCC)[C@]3(C)OC12CC3C)c1cc(C)ccc1C. The number of carbonyl (C=O) groups excluding carboxylic acids is 3. The monoisotopic (exact) mass is 498 g/mol. The Bertz CT molecular complexity index is 1070. The number of likely N-dealkylation sites (tertiary alicyclic amines) is 1. The van der Waals surface area contributed by atoms with Crippen molar-refractivity contribution in [2.24, 2.45) is 17.8 Å². The van der Waals surface area contributed by atoms with Gasteiger partial charge >= 0.3 is 5.97 Å². The Kier molecular flexibility index (Phi) is 7.05. The van der Waals surface area contributed by atoms with Gasteiger partial charge in [0.15, 0.2) is 0 Å². The van der Waals surface area contributed by atoms with Crippen LogP contribution in [0.25, 0.3) is 0 Å². The number of aliphatic hydroxyl groups is 1. The molecule has 1 aromatic carbocycles. The number of rotatable bonds is 9. The standard InChI is InChI=1S/C28H38N2O6/c1-7-12-29(20-15-17(3)10-11-18(20)4)25(33)23-28-16-19(5)27(6,36-28)22(26(34)35-8-2)21(28)24(32)30(23)13-9-14-31/h7,10-11,15,19,21-23,31H,1,8-9,12-14,16H2,2-6H3/t19?,21-,22-,23?,27+,28?/m0/s1. The highest BCUT2D eigenvalue weighted by molar-refractivity contribution is 6.05. The van der Waals surface area contributed by atoms with Crippen molar-refractivity contribution >= 4 is 23.5 Å². The first kappa shape index (κ1) is 26.4. The van der Waals surface area contributed by atoms with Crippen LogP contribution in [0.5, 0.6) is 0 Å². The predicted octanol–water partition coefficient (Wildman–Crippen LogP) is 2.78. The molecule has 36 heavy (non-hydrogen) atoms. The molecule has 1 aromatic rings. The fourth-order valence-electron chi connectivity index (χ4n) is 6.68. The van der Waals surface area contributed by atoms with Crippen LogP contribution < -0.4 is 4.90 Å². The number of nitrogens with zero attached hydrogens (tertiary/aromatic N) is 2. The van der Waals surface area contributed by atoms with E-state index in [-0.39, 0.29) is 44.0 Å². The van der Waals surface area contributed by atoms with Crippen molar-refractivity contribution in [3.8, 4) is 0 Å².